The molecule has 0 radical (unpaired) electrons. The first-order valence-electron chi connectivity index (χ1n) is 14.1. The van der Waals surface area contributed by atoms with Crippen LogP contribution in [0.25, 0.3) is 0 Å². The van der Waals surface area contributed by atoms with Crippen LogP contribution >= 0.6 is 11.8 Å². The highest BCUT2D eigenvalue weighted by Gasteiger charge is 2.38. The summed E-state index contributed by atoms with van der Waals surface area (Å²) in [5.74, 6) is 0.733. The molecule has 1 aromatic heterocycles. The molecule has 220 valence electrons. The quantitative estimate of drug-likeness (QED) is 0.190. The van der Waals surface area contributed by atoms with E-state index in [9.17, 15) is 14.7 Å². The van der Waals surface area contributed by atoms with Gasteiger partial charge in [-0.3, -0.25) is 9.59 Å². The maximum atomic E-state index is 12.4. The van der Waals surface area contributed by atoms with Gasteiger partial charge in [0.2, 0.25) is 11.8 Å². The number of imidazole rings is 1. The Balaban J connectivity index is 1.39. The smallest absolute Gasteiger partial charge is 0.224 e. The molecule has 0 unspecified atom stereocenters. The first-order chi connectivity index (χ1) is 19.8. The third kappa shape index (κ3) is 8.90. The number of carbonyl (C=O) groups is 2. The van der Waals surface area contributed by atoms with E-state index in [1.54, 1.807) is 18.0 Å². The van der Waals surface area contributed by atoms with Crippen molar-refractivity contribution in [3.8, 4) is 0 Å². The fourth-order valence-electron chi connectivity index (χ4n) is 4.76. The summed E-state index contributed by atoms with van der Waals surface area (Å²) in [5, 5.41) is 16.1. The third-order valence-electron chi connectivity index (χ3n) is 7.20. The van der Waals surface area contributed by atoms with E-state index in [2.05, 4.69) is 22.5 Å². The van der Waals surface area contributed by atoms with Crippen LogP contribution in [0.4, 0.5) is 5.69 Å². The molecule has 1 aliphatic rings. The SMILES string of the molecule is CC(=O)NCCCCCC(=O)Nc1ccc([C@H]2O[C@@H](CSc3nccn3C)[C@@H](C)[C@@H](c3ccc(CO)cc3)O2)cc1. The molecular weight excluding hydrogens is 540 g/mol. The lowest BCUT2D eigenvalue weighted by Crippen LogP contribution is -2.38. The number of nitrogens with zero attached hydrogens (tertiary/aromatic N) is 2. The molecule has 3 N–H and O–H groups in total. The molecule has 1 saturated heterocycles. The van der Waals surface area contributed by atoms with Gasteiger partial charge in [0.25, 0.3) is 0 Å². The lowest BCUT2D eigenvalue weighted by atomic mass is 9.91. The predicted octanol–water partition coefficient (Wildman–Crippen LogP) is 5.13. The van der Waals surface area contributed by atoms with E-state index in [4.69, 9.17) is 9.47 Å². The Bertz CT molecular complexity index is 1260. The number of thioether (sulfide) groups is 1. The number of benzene rings is 2. The summed E-state index contributed by atoms with van der Waals surface area (Å²) >= 11 is 1.66. The minimum atomic E-state index is -0.575. The average Bonchev–Trinajstić information content (AvgIpc) is 3.39. The van der Waals surface area contributed by atoms with Gasteiger partial charge in [-0.2, -0.15) is 0 Å². The maximum Gasteiger partial charge on any atom is 0.224 e. The van der Waals surface area contributed by atoms with Gasteiger partial charge < -0.3 is 29.8 Å². The molecule has 4 atom stereocenters. The third-order valence-corrected chi connectivity index (χ3v) is 8.35. The predicted molar refractivity (Wildman–Crippen MR) is 159 cm³/mol. The van der Waals surface area contributed by atoms with Crippen LogP contribution in [0.2, 0.25) is 0 Å². The summed E-state index contributed by atoms with van der Waals surface area (Å²) in [6.45, 7) is 4.28. The Morgan fingerprint density at radius 2 is 1.76 bits per heavy atom. The highest BCUT2D eigenvalue weighted by Crippen LogP contribution is 2.43. The van der Waals surface area contributed by atoms with Crippen LogP contribution in [0.3, 0.4) is 0 Å². The fourth-order valence-corrected chi connectivity index (χ4v) is 5.85. The zero-order valence-corrected chi connectivity index (χ0v) is 24.7. The molecular formula is C31H40N4O5S. The number of hydrogen-bond acceptors (Lipinski definition) is 7. The summed E-state index contributed by atoms with van der Waals surface area (Å²) in [5.41, 5.74) is 3.49. The topological polar surface area (TPSA) is 115 Å². The first kappa shape index (κ1) is 30.8. The number of anilines is 1. The second kappa shape index (κ2) is 15.2. The van der Waals surface area contributed by atoms with Gasteiger partial charge in [0, 0.05) is 62.3 Å². The molecule has 0 aliphatic carbocycles. The molecule has 2 amide bonds. The zero-order chi connectivity index (χ0) is 29.2. The van der Waals surface area contributed by atoms with E-state index < -0.39 is 6.29 Å². The van der Waals surface area contributed by atoms with Gasteiger partial charge in [-0.15, -0.1) is 0 Å². The van der Waals surface area contributed by atoms with Crippen LogP contribution in [0.5, 0.6) is 0 Å². The van der Waals surface area contributed by atoms with Crippen molar-refractivity contribution >= 4 is 29.3 Å². The van der Waals surface area contributed by atoms with Crippen molar-refractivity contribution in [2.75, 3.05) is 17.6 Å². The van der Waals surface area contributed by atoms with Gasteiger partial charge in [0.05, 0.1) is 18.8 Å². The number of aliphatic hydroxyl groups excluding tert-OH is 1. The van der Waals surface area contributed by atoms with E-state index >= 15 is 0 Å². The summed E-state index contributed by atoms with van der Waals surface area (Å²) in [7, 11) is 1.98. The first-order valence-corrected chi connectivity index (χ1v) is 15.1. The molecule has 2 aromatic carbocycles. The van der Waals surface area contributed by atoms with Crippen LogP contribution in [0, 0.1) is 5.92 Å². The molecule has 0 spiro atoms. The lowest BCUT2D eigenvalue weighted by molar-refractivity contribution is -0.268. The minimum absolute atomic E-state index is 0.00247. The number of amides is 2. The maximum absolute atomic E-state index is 12.4. The summed E-state index contributed by atoms with van der Waals surface area (Å²) in [6, 6.07) is 15.5. The van der Waals surface area contributed by atoms with E-state index in [1.165, 1.54) is 6.92 Å². The largest absolute Gasteiger partial charge is 0.392 e. The zero-order valence-electron chi connectivity index (χ0n) is 23.9. The number of carbonyl (C=O) groups excluding carboxylic acids is 2. The second-order valence-corrected chi connectivity index (χ2v) is 11.4. The van der Waals surface area contributed by atoms with Crippen LogP contribution in [-0.2, 0) is 32.7 Å². The Morgan fingerprint density at radius 3 is 2.41 bits per heavy atom. The van der Waals surface area contributed by atoms with Crippen molar-refractivity contribution in [1.29, 1.82) is 0 Å². The number of aryl methyl sites for hydroxylation is 1. The molecule has 0 bridgehead atoms. The monoisotopic (exact) mass is 580 g/mol. The number of hydrogen-bond donors (Lipinski definition) is 3. The molecule has 9 nitrogen and oxygen atoms in total. The number of unbranched alkanes of at least 4 members (excludes halogenated alkanes) is 2. The van der Waals surface area contributed by atoms with E-state index in [-0.39, 0.29) is 36.5 Å². The van der Waals surface area contributed by atoms with Crippen LogP contribution in [0.1, 0.15) is 68.6 Å². The average molecular weight is 581 g/mol. The summed E-state index contributed by atoms with van der Waals surface area (Å²) < 4.78 is 15.0. The van der Waals surface area contributed by atoms with Gasteiger partial charge in [0.15, 0.2) is 11.4 Å². The number of rotatable bonds is 13. The molecule has 2 heterocycles. The number of nitrogens with one attached hydrogen (secondary N) is 2. The molecule has 1 aliphatic heterocycles. The van der Waals surface area contributed by atoms with Crippen molar-refractivity contribution in [2.45, 2.75) is 69.8 Å². The Kier molecular flexibility index (Phi) is 11.4. The summed E-state index contributed by atoms with van der Waals surface area (Å²) in [4.78, 5) is 27.8. The Morgan fingerprint density at radius 1 is 1.02 bits per heavy atom. The molecule has 1 fully saturated rings. The van der Waals surface area contributed by atoms with Crippen LogP contribution < -0.4 is 10.6 Å². The molecule has 10 heteroatoms. The van der Waals surface area contributed by atoms with E-state index in [0.29, 0.717) is 13.0 Å². The van der Waals surface area contributed by atoms with E-state index in [0.717, 1.165) is 52.5 Å². The standard InChI is InChI=1S/C31H40N4O5S/c1-21-27(20-41-31-33-17-18-35(31)3)39-30(40-29(21)24-10-8-23(19-36)9-11-24)25-12-14-26(15-13-25)34-28(38)7-5-4-6-16-32-22(2)37/h8-15,17-18,21,27,29-30,36H,4-7,16,19-20H2,1-3H3,(H,32,37)(H,34,38)/t21-,27+,29+,30+/m1/s1. The lowest BCUT2D eigenvalue weighted by Gasteiger charge is -2.41. The van der Waals surface area contributed by atoms with Crippen LogP contribution in [-0.4, -0.2) is 44.9 Å². The summed E-state index contributed by atoms with van der Waals surface area (Å²) in [6.07, 6.45) is 5.79. The fraction of sp³-hybridized carbons (Fsp3) is 0.452. The Labute approximate surface area is 246 Å². The van der Waals surface area contributed by atoms with Crippen molar-refractivity contribution < 1.29 is 24.2 Å². The molecule has 3 aromatic rings. The minimum Gasteiger partial charge on any atom is -0.392 e. The molecule has 41 heavy (non-hydrogen) atoms. The number of aromatic nitrogens is 2. The van der Waals surface area contributed by atoms with Gasteiger partial charge in [-0.1, -0.05) is 61.5 Å². The number of ether oxygens (including phenoxy) is 2. The van der Waals surface area contributed by atoms with Crippen molar-refractivity contribution in [1.82, 2.24) is 14.9 Å². The Hall–Kier alpha value is -3.18. The van der Waals surface area contributed by atoms with Crippen LogP contribution in [0.15, 0.2) is 66.1 Å². The van der Waals surface area contributed by atoms with Crippen molar-refractivity contribution in [2.24, 2.45) is 13.0 Å². The van der Waals surface area contributed by atoms with Gasteiger partial charge in [0.1, 0.15) is 0 Å². The molecule has 4 rings (SSSR count). The van der Waals surface area contributed by atoms with Gasteiger partial charge in [-0.25, -0.2) is 4.98 Å². The highest BCUT2D eigenvalue weighted by molar-refractivity contribution is 7.99. The van der Waals surface area contributed by atoms with Gasteiger partial charge in [-0.05, 0) is 36.1 Å². The molecule has 0 saturated carbocycles. The van der Waals surface area contributed by atoms with E-state index in [1.807, 2.05) is 66.3 Å². The number of aliphatic hydroxyl groups is 1. The van der Waals surface area contributed by atoms with Crippen molar-refractivity contribution in [3.63, 3.8) is 0 Å². The van der Waals surface area contributed by atoms with Gasteiger partial charge >= 0.3 is 0 Å². The normalized spacial score (nSPS) is 20.5. The second-order valence-electron chi connectivity index (χ2n) is 10.4. The highest BCUT2D eigenvalue weighted by atomic mass is 32.2. The van der Waals surface area contributed by atoms with Crippen molar-refractivity contribution in [3.05, 3.63) is 77.6 Å².